The smallest absolute Gasteiger partial charge is 0.201 e. The van der Waals surface area contributed by atoms with Gasteiger partial charge in [-0.05, 0) is 66.6 Å². The Morgan fingerprint density at radius 3 is 2.52 bits per heavy atom. The van der Waals surface area contributed by atoms with E-state index in [0.29, 0.717) is 5.56 Å². The second-order valence-electron chi connectivity index (χ2n) is 6.51. The van der Waals surface area contributed by atoms with Crippen molar-refractivity contribution in [3.05, 3.63) is 76.5 Å². The average molecular weight is 303 g/mol. The highest BCUT2D eigenvalue weighted by atomic mass is 14.9. The molecule has 0 saturated heterocycles. The number of hydrogen-bond donors (Lipinski definition) is 0. The van der Waals surface area contributed by atoms with E-state index in [4.69, 9.17) is 4.11 Å². The average Bonchev–Trinajstić information content (AvgIpc) is 2.96. The maximum absolute atomic E-state index is 7.66. The fraction of sp³-hybridized carbons (Fsp3) is 0.227. The van der Waals surface area contributed by atoms with Gasteiger partial charge in [0.1, 0.15) is 7.05 Å². The molecule has 0 spiro atoms. The van der Waals surface area contributed by atoms with E-state index in [0.717, 1.165) is 17.5 Å². The van der Waals surface area contributed by atoms with Crippen LogP contribution in [0.3, 0.4) is 0 Å². The van der Waals surface area contributed by atoms with Gasteiger partial charge in [0.25, 0.3) is 0 Å². The standard InChI is InChI=1S/C22H22N/c1-14-5-6-19-17(11-14)13-21-16(3)18(7-8-20(19)21)22-12-15(2)9-10-23(22)4/h5-12H,13H2,1-4H3/q+1/i1D3. The van der Waals surface area contributed by atoms with E-state index in [2.05, 4.69) is 55.9 Å². The van der Waals surface area contributed by atoms with Crippen LogP contribution >= 0.6 is 0 Å². The summed E-state index contributed by atoms with van der Waals surface area (Å²) in [5, 5.41) is 0. The topological polar surface area (TPSA) is 3.88 Å². The minimum absolute atomic E-state index is 0.423. The van der Waals surface area contributed by atoms with Crippen LogP contribution in [0.5, 0.6) is 0 Å². The van der Waals surface area contributed by atoms with Crippen LogP contribution in [0, 0.1) is 20.7 Å². The van der Waals surface area contributed by atoms with Gasteiger partial charge in [0.15, 0.2) is 6.20 Å². The molecule has 3 aromatic rings. The van der Waals surface area contributed by atoms with Crippen molar-refractivity contribution in [3.63, 3.8) is 0 Å². The lowest BCUT2D eigenvalue weighted by atomic mass is 9.94. The first kappa shape index (κ1) is 11.2. The zero-order chi connectivity index (χ0) is 18.6. The molecule has 0 radical (unpaired) electrons. The first-order valence-electron chi connectivity index (χ1n) is 9.48. The third-order valence-electron chi connectivity index (χ3n) is 4.94. The van der Waals surface area contributed by atoms with Crippen LogP contribution in [0.25, 0.3) is 22.4 Å². The Hall–Kier alpha value is -2.41. The second-order valence-corrected chi connectivity index (χ2v) is 6.51. The molecule has 0 atom stereocenters. The van der Waals surface area contributed by atoms with E-state index in [-0.39, 0.29) is 0 Å². The molecular weight excluding hydrogens is 278 g/mol. The van der Waals surface area contributed by atoms with Crippen molar-refractivity contribution in [2.45, 2.75) is 27.1 Å². The normalized spacial score (nSPS) is 14.7. The van der Waals surface area contributed by atoms with Crippen LogP contribution in [-0.4, -0.2) is 0 Å². The van der Waals surface area contributed by atoms with Crippen molar-refractivity contribution in [2.24, 2.45) is 7.05 Å². The molecule has 1 heterocycles. The number of fused-ring (bicyclic) bond motifs is 3. The predicted octanol–water partition coefficient (Wildman–Crippen LogP) is 4.67. The molecule has 1 heteroatoms. The quantitative estimate of drug-likeness (QED) is 0.450. The van der Waals surface area contributed by atoms with E-state index in [9.17, 15) is 0 Å². The van der Waals surface area contributed by atoms with E-state index in [1.54, 1.807) is 6.07 Å². The predicted molar refractivity (Wildman–Crippen MR) is 95.5 cm³/mol. The van der Waals surface area contributed by atoms with Crippen molar-refractivity contribution in [2.75, 3.05) is 0 Å². The van der Waals surface area contributed by atoms with Gasteiger partial charge in [-0.15, -0.1) is 0 Å². The first-order chi connectivity index (χ1) is 12.3. The third-order valence-corrected chi connectivity index (χ3v) is 4.94. The summed E-state index contributed by atoms with van der Waals surface area (Å²) < 4.78 is 25.1. The molecule has 0 aliphatic heterocycles. The maximum atomic E-state index is 7.66. The van der Waals surface area contributed by atoms with E-state index >= 15 is 0 Å². The zero-order valence-corrected chi connectivity index (χ0v) is 13.8. The summed E-state index contributed by atoms with van der Waals surface area (Å²) in [5.41, 5.74) is 10.2. The summed E-state index contributed by atoms with van der Waals surface area (Å²) in [4.78, 5) is 0. The maximum Gasteiger partial charge on any atom is 0.212 e. The van der Waals surface area contributed by atoms with Crippen LogP contribution in [0.1, 0.15) is 31.9 Å². The highest BCUT2D eigenvalue weighted by Gasteiger charge is 2.23. The molecule has 1 nitrogen and oxygen atoms in total. The minimum Gasteiger partial charge on any atom is -0.201 e. The molecule has 2 aromatic carbocycles. The van der Waals surface area contributed by atoms with Gasteiger partial charge in [0.05, 0.1) is 0 Å². The number of pyridine rings is 1. The molecule has 0 N–H and O–H groups in total. The number of hydrogen-bond acceptors (Lipinski definition) is 0. The largest absolute Gasteiger partial charge is 0.212 e. The van der Waals surface area contributed by atoms with Gasteiger partial charge in [-0.2, -0.15) is 0 Å². The lowest BCUT2D eigenvalue weighted by Gasteiger charge is -2.10. The summed E-state index contributed by atoms with van der Waals surface area (Å²) in [6, 6.07) is 14.3. The Labute approximate surface area is 142 Å². The number of rotatable bonds is 1. The molecule has 0 fully saturated rings. The Morgan fingerprint density at radius 1 is 0.913 bits per heavy atom. The van der Waals surface area contributed by atoms with E-state index < -0.39 is 6.85 Å². The van der Waals surface area contributed by atoms with Gasteiger partial charge >= 0.3 is 0 Å². The Bertz CT molecular complexity index is 1030. The lowest BCUT2D eigenvalue weighted by Crippen LogP contribution is -2.30. The number of benzene rings is 2. The van der Waals surface area contributed by atoms with Gasteiger partial charge in [-0.1, -0.05) is 29.8 Å². The summed E-state index contributed by atoms with van der Waals surface area (Å²) in [7, 11) is 2.07. The Kier molecular flexibility index (Phi) is 2.46. The Morgan fingerprint density at radius 2 is 1.70 bits per heavy atom. The number of aromatic nitrogens is 1. The van der Waals surface area contributed by atoms with Crippen molar-refractivity contribution in [1.82, 2.24) is 0 Å². The van der Waals surface area contributed by atoms with Crippen molar-refractivity contribution in [1.29, 1.82) is 0 Å². The summed E-state index contributed by atoms with van der Waals surface area (Å²) in [6.07, 6.45) is 2.89. The van der Waals surface area contributed by atoms with Gasteiger partial charge < -0.3 is 0 Å². The second kappa shape index (κ2) is 5.06. The molecular formula is C22H22N+. The monoisotopic (exact) mass is 303 g/mol. The van der Waals surface area contributed by atoms with E-state index in [1.807, 2.05) is 12.1 Å². The van der Waals surface area contributed by atoms with Crippen LogP contribution < -0.4 is 4.57 Å². The number of aryl methyl sites for hydroxylation is 3. The lowest BCUT2D eigenvalue weighted by molar-refractivity contribution is -0.660. The van der Waals surface area contributed by atoms with E-state index in [1.165, 1.54) is 33.5 Å². The fourth-order valence-corrected chi connectivity index (χ4v) is 3.65. The first-order valence-corrected chi connectivity index (χ1v) is 7.98. The Balaban J connectivity index is 1.84. The molecule has 0 bridgehead atoms. The van der Waals surface area contributed by atoms with Crippen LogP contribution in [0.2, 0.25) is 0 Å². The highest BCUT2D eigenvalue weighted by Crippen LogP contribution is 2.41. The third kappa shape index (κ3) is 2.19. The molecule has 1 aliphatic rings. The molecule has 23 heavy (non-hydrogen) atoms. The van der Waals surface area contributed by atoms with Gasteiger partial charge in [-0.3, -0.25) is 0 Å². The minimum atomic E-state index is -2.06. The van der Waals surface area contributed by atoms with Crippen LogP contribution in [0.4, 0.5) is 0 Å². The van der Waals surface area contributed by atoms with Crippen LogP contribution in [0.15, 0.2) is 48.7 Å². The molecule has 0 amide bonds. The fourth-order valence-electron chi connectivity index (χ4n) is 3.65. The molecule has 4 rings (SSSR count). The molecule has 114 valence electrons. The zero-order valence-electron chi connectivity index (χ0n) is 16.8. The summed E-state index contributed by atoms with van der Waals surface area (Å²) in [6.45, 7) is 2.23. The van der Waals surface area contributed by atoms with Gasteiger partial charge in [0, 0.05) is 21.8 Å². The summed E-state index contributed by atoms with van der Waals surface area (Å²) >= 11 is 0. The number of nitrogens with zero attached hydrogens (tertiary/aromatic N) is 1. The van der Waals surface area contributed by atoms with Crippen molar-refractivity contribution >= 4 is 0 Å². The molecule has 0 saturated carbocycles. The van der Waals surface area contributed by atoms with Crippen LogP contribution in [-0.2, 0) is 13.5 Å². The summed E-state index contributed by atoms with van der Waals surface area (Å²) in [5.74, 6) is 0. The highest BCUT2D eigenvalue weighted by molar-refractivity contribution is 5.82. The molecule has 1 aromatic heterocycles. The van der Waals surface area contributed by atoms with Crippen molar-refractivity contribution in [3.8, 4) is 22.4 Å². The van der Waals surface area contributed by atoms with Gasteiger partial charge in [0.2, 0.25) is 5.69 Å². The molecule has 1 aliphatic carbocycles. The molecule has 0 unspecified atom stereocenters. The van der Waals surface area contributed by atoms with Crippen molar-refractivity contribution < 1.29 is 8.68 Å². The van der Waals surface area contributed by atoms with Gasteiger partial charge in [-0.25, -0.2) is 4.57 Å². The SMILES string of the molecule is [2H]C([2H])([2H])c1ccc2c(c1)Cc1c-2ccc(-c2cc(C)cc[n+]2C)c1C.